The Morgan fingerprint density at radius 2 is 2.05 bits per heavy atom. The molecule has 0 fully saturated rings. The van der Waals surface area contributed by atoms with E-state index in [2.05, 4.69) is 5.32 Å². The first-order valence-electron chi connectivity index (χ1n) is 5.93. The van der Waals surface area contributed by atoms with Gasteiger partial charge < -0.3 is 10.1 Å². The number of carbonyl (C=O) groups is 1. The predicted molar refractivity (Wildman–Crippen MR) is 64.8 cm³/mol. The molecule has 0 aliphatic rings. The van der Waals surface area contributed by atoms with E-state index in [0.717, 1.165) is 12.1 Å². The third-order valence-corrected chi connectivity index (χ3v) is 2.68. The van der Waals surface area contributed by atoms with Gasteiger partial charge in [-0.15, -0.1) is 0 Å². The number of carbonyl (C=O) groups excluding carboxylic acids is 1. The van der Waals surface area contributed by atoms with Crippen LogP contribution in [0.2, 0.25) is 0 Å². The molecule has 0 radical (unpaired) electrons. The number of nitrogens with one attached hydrogen (secondary N) is 1. The van der Waals surface area contributed by atoms with Crippen LogP contribution >= 0.6 is 0 Å². The Balaban J connectivity index is 2.89. The molecule has 0 aromatic heterocycles. The van der Waals surface area contributed by atoms with Gasteiger partial charge >= 0.3 is 6.18 Å². The van der Waals surface area contributed by atoms with Crippen molar-refractivity contribution in [1.82, 2.24) is 5.32 Å². The van der Waals surface area contributed by atoms with Crippen molar-refractivity contribution >= 4 is 5.91 Å². The number of hydrogen-bond donors (Lipinski definition) is 1. The van der Waals surface area contributed by atoms with Crippen LogP contribution in [0.4, 0.5) is 17.6 Å². The molecule has 1 aromatic rings. The standard InChI is InChI=1S/C13H15F4NO2/c1-8(6-7-20-2)18-12(19)9-4-3-5-10(11(9)14)13(15,16)17/h3-5,8H,6-7H2,1-2H3,(H,18,19). The van der Waals surface area contributed by atoms with E-state index >= 15 is 0 Å². The van der Waals surface area contributed by atoms with E-state index in [1.54, 1.807) is 6.92 Å². The molecule has 1 rings (SSSR count). The second-order valence-corrected chi connectivity index (χ2v) is 4.32. The molecule has 0 heterocycles. The maximum absolute atomic E-state index is 13.7. The highest BCUT2D eigenvalue weighted by molar-refractivity contribution is 5.94. The molecule has 0 saturated heterocycles. The zero-order valence-corrected chi connectivity index (χ0v) is 11.1. The third kappa shape index (κ3) is 4.19. The van der Waals surface area contributed by atoms with Gasteiger partial charge in [-0.2, -0.15) is 13.2 Å². The van der Waals surface area contributed by atoms with E-state index < -0.39 is 29.0 Å². The number of hydrogen-bond acceptors (Lipinski definition) is 2. The van der Waals surface area contributed by atoms with Crippen LogP contribution in [-0.4, -0.2) is 25.7 Å². The summed E-state index contributed by atoms with van der Waals surface area (Å²) in [5.74, 6) is -2.44. The van der Waals surface area contributed by atoms with Crippen molar-refractivity contribution in [2.45, 2.75) is 25.6 Å². The van der Waals surface area contributed by atoms with E-state index in [4.69, 9.17) is 4.74 Å². The minimum Gasteiger partial charge on any atom is -0.385 e. The van der Waals surface area contributed by atoms with Crippen molar-refractivity contribution < 1.29 is 27.1 Å². The van der Waals surface area contributed by atoms with Crippen LogP contribution in [0.5, 0.6) is 0 Å². The number of benzene rings is 1. The summed E-state index contributed by atoms with van der Waals surface area (Å²) in [6.45, 7) is 2.04. The minimum atomic E-state index is -4.83. The maximum atomic E-state index is 13.7. The van der Waals surface area contributed by atoms with Gasteiger partial charge in [0.25, 0.3) is 5.91 Å². The first-order valence-corrected chi connectivity index (χ1v) is 5.93. The van der Waals surface area contributed by atoms with Gasteiger partial charge in [-0.25, -0.2) is 4.39 Å². The van der Waals surface area contributed by atoms with Gasteiger partial charge in [0, 0.05) is 19.8 Å². The van der Waals surface area contributed by atoms with Gasteiger partial charge in [-0.3, -0.25) is 4.79 Å². The normalized spacial score (nSPS) is 13.1. The number of ether oxygens (including phenoxy) is 1. The lowest BCUT2D eigenvalue weighted by atomic mass is 10.1. The molecule has 0 spiro atoms. The zero-order chi connectivity index (χ0) is 15.3. The van der Waals surface area contributed by atoms with E-state index in [0.29, 0.717) is 19.1 Å². The molecule has 0 aliphatic heterocycles. The van der Waals surface area contributed by atoms with E-state index in [1.807, 2.05) is 0 Å². The van der Waals surface area contributed by atoms with Crippen LogP contribution in [0.25, 0.3) is 0 Å². The van der Waals surface area contributed by atoms with Gasteiger partial charge in [0.05, 0.1) is 11.1 Å². The van der Waals surface area contributed by atoms with E-state index in [9.17, 15) is 22.4 Å². The highest BCUT2D eigenvalue weighted by atomic mass is 19.4. The topological polar surface area (TPSA) is 38.3 Å². The van der Waals surface area contributed by atoms with Crippen molar-refractivity contribution in [3.8, 4) is 0 Å². The Hall–Kier alpha value is -1.63. The Labute approximate surface area is 113 Å². The zero-order valence-electron chi connectivity index (χ0n) is 11.1. The number of halogens is 4. The summed E-state index contributed by atoms with van der Waals surface area (Å²) in [4.78, 5) is 11.8. The first-order chi connectivity index (χ1) is 9.27. The molecule has 20 heavy (non-hydrogen) atoms. The van der Waals surface area contributed by atoms with E-state index in [-0.39, 0.29) is 6.04 Å². The van der Waals surface area contributed by atoms with Crippen LogP contribution in [0.1, 0.15) is 29.3 Å². The molecule has 1 amide bonds. The van der Waals surface area contributed by atoms with Gasteiger partial charge in [0.2, 0.25) is 0 Å². The smallest absolute Gasteiger partial charge is 0.385 e. The molecule has 1 atom stereocenters. The van der Waals surface area contributed by atoms with Crippen LogP contribution in [0.3, 0.4) is 0 Å². The molecule has 3 nitrogen and oxygen atoms in total. The second-order valence-electron chi connectivity index (χ2n) is 4.32. The third-order valence-electron chi connectivity index (χ3n) is 2.68. The highest BCUT2D eigenvalue weighted by Gasteiger charge is 2.35. The van der Waals surface area contributed by atoms with Crippen LogP contribution < -0.4 is 5.32 Å². The van der Waals surface area contributed by atoms with Crippen molar-refractivity contribution in [2.75, 3.05) is 13.7 Å². The largest absolute Gasteiger partial charge is 0.419 e. The lowest BCUT2D eigenvalue weighted by Crippen LogP contribution is -2.34. The SMILES string of the molecule is COCCC(C)NC(=O)c1cccc(C(F)(F)F)c1F. The maximum Gasteiger partial charge on any atom is 0.419 e. The number of methoxy groups -OCH3 is 1. The van der Waals surface area contributed by atoms with Crippen LogP contribution in [-0.2, 0) is 10.9 Å². The molecule has 0 aliphatic carbocycles. The van der Waals surface area contributed by atoms with Crippen LogP contribution in [0, 0.1) is 5.82 Å². The molecule has 1 unspecified atom stereocenters. The van der Waals surface area contributed by atoms with Crippen molar-refractivity contribution in [1.29, 1.82) is 0 Å². The number of rotatable bonds is 5. The second kappa shape index (κ2) is 6.69. The summed E-state index contributed by atoms with van der Waals surface area (Å²) in [6, 6.07) is 2.28. The van der Waals surface area contributed by atoms with Gasteiger partial charge in [0.1, 0.15) is 5.82 Å². The summed E-state index contributed by atoms with van der Waals surface area (Å²) < 4.78 is 56.1. The summed E-state index contributed by atoms with van der Waals surface area (Å²) in [6.07, 6.45) is -4.36. The molecule has 0 bridgehead atoms. The number of amides is 1. The average molecular weight is 293 g/mol. The predicted octanol–water partition coefficient (Wildman–Crippen LogP) is 3.00. The van der Waals surface area contributed by atoms with E-state index in [1.165, 1.54) is 7.11 Å². The van der Waals surface area contributed by atoms with Crippen molar-refractivity contribution in [3.05, 3.63) is 35.1 Å². The van der Waals surface area contributed by atoms with Gasteiger partial charge in [-0.1, -0.05) is 6.07 Å². The van der Waals surface area contributed by atoms with Gasteiger partial charge in [-0.05, 0) is 25.5 Å². The summed E-state index contributed by atoms with van der Waals surface area (Å²) in [7, 11) is 1.49. The summed E-state index contributed by atoms with van der Waals surface area (Å²) in [5, 5.41) is 2.42. The summed E-state index contributed by atoms with van der Waals surface area (Å²) >= 11 is 0. The molecular formula is C13H15F4NO2. The lowest BCUT2D eigenvalue weighted by molar-refractivity contribution is -0.140. The van der Waals surface area contributed by atoms with Crippen molar-refractivity contribution in [2.24, 2.45) is 0 Å². The molecule has 1 aromatic carbocycles. The van der Waals surface area contributed by atoms with Crippen molar-refractivity contribution in [3.63, 3.8) is 0 Å². The fraction of sp³-hybridized carbons (Fsp3) is 0.462. The monoisotopic (exact) mass is 293 g/mol. The van der Waals surface area contributed by atoms with Crippen LogP contribution in [0.15, 0.2) is 18.2 Å². The Bertz CT molecular complexity index is 474. The molecular weight excluding hydrogens is 278 g/mol. The highest BCUT2D eigenvalue weighted by Crippen LogP contribution is 2.32. The summed E-state index contributed by atoms with van der Waals surface area (Å²) in [5.41, 5.74) is -2.07. The minimum absolute atomic E-state index is 0.337. The average Bonchev–Trinajstić information content (AvgIpc) is 2.35. The Morgan fingerprint density at radius 3 is 2.60 bits per heavy atom. The Kier molecular flexibility index (Phi) is 5.50. The fourth-order valence-electron chi connectivity index (χ4n) is 1.59. The Morgan fingerprint density at radius 1 is 1.40 bits per heavy atom. The van der Waals surface area contributed by atoms with Gasteiger partial charge in [0.15, 0.2) is 0 Å². The number of alkyl halides is 3. The first kappa shape index (κ1) is 16.4. The lowest BCUT2D eigenvalue weighted by Gasteiger charge is -2.15. The molecule has 112 valence electrons. The molecule has 1 N–H and O–H groups in total. The molecule has 7 heteroatoms. The fourth-order valence-corrected chi connectivity index (χ4v) is 1.59. The molecule has 0 saturated carbocycles. The quantitative estimate of drug-likeness (QED) is 0.848.